The van der Waals surface area contributed by atoms with Gasteiger partial charge < -0.3 is 5.11 Å². The largest absolute Gasteiger partial charge is 0.481 e. The SMILES string of the molecule is Cc1cccc(C(=O)c2ccc(CCC(=O)O)cc2)c1. The molecule has 0 bridgehead atoms. The topological polar surface area (TPSA) is 54.4 Å². The molecule has 0 heterocycles. The summed E-state index contributed by atoms with van der Waals surface area (Å²) in [4.78, 5) is 22.8. The molecule has 2 aromatic carbocycles. The normalized spacial score (nSPS) is 10.2. The van der Waals surface area contributed by atoms with E-state index in [4.69, 9.17) is 5.11 Å². The van der Waals surface area contributed by atoms with Crippen molar-refractivity contribution in [2.75, 3.05) is 0 Å². The highest BCUT2D eigenvalue weighted by Crippen LogP contribution is 2.13. The highest BCUT2D eigenvalue weighted by Gasteiger charge is 2.09. The highest BCUT2D eigenvalue weighted by atomic mass is 16.4. The van der Waals surface area contributed by atoms with E-state index in [2.05, 4.69) is 0 Å². The van der Waals surface area contributed by atoms with Crippen molar-refractivity contribution in [3.8, 4) is 0 Å². The summed E-state index contributed by atoms with van der Waals surface area (Å²) in [6.07, 6.45) is 0.583. The van der Waals surface area contributed by atoms with Gasteiger partial charge in [-0.25, -0.2) is 0 Å². The summed E-state index contributed by atoms with van der Waals surface area (Å²) >= 11 is 0. The molecule has 0 amide bonds. The smallest absolute Gasteiger partial charge is 0.303 e. The van der Waals surface area contributed by atoms with E-state index in [1.807, 2.05) is 37.3 Å². The Morgan fingerprint density at radius 2 is 1.70 bits per heavy atom. The fourth-order valence-corrected chi connectivity index (χ4v) is 2.03. The fraction of sp³-hybridized carbons (Fsp3) is 0.176. The van der Waals surface area contributed by atoms with Crippen LogP contribution in [0.25, 0.3) is 0 Å². The number of rotatable bonds is 5. The van der Waals surface area contributed by atoms with E-state index in [-0.39, 0.29) is 12.2 Å². The lowest BCUT2D eigenvalue weighted by molar-refractivity contribution is -0.136. The summed E-state index contributed by atoms with van der Waals surface area (Å²) in [7, 11) is 0. The van der Waals surface area contributed by atoms with Crippen LogP contribution in [0.1, 0.15) is 33.5 Å². The van der Waals surface area contributed by atoms with E-state index >= 15 is 0 Å². The highest BCUT2D eigenvalue weighted by molar-refractivity contribution is 6.09. The van der Waals surface area contributed by atoms with Crippen LogP contribution in [-0.4, -0.2) is 16.9 Å². The summed E-state index contributed by atoms with van der Waals surface area (Å²) in [5, 5.41) is 8.64. The number of ketones is 1. The zero-order valence-electron chi connectivity index (χ0n) is 11.3. The van der Waals surface area contributed by atoms with Crippen molar-refractivity contribution in [3.05, 3.63) is 70.8 Å². The molecule has 0 aliphatic heterocycles. The van der Waals surface area contributed by atoms with E-state index in [1.165, 1.54) is 0 Å². The molecule has 0 aromatic heterocycles. The molecule has 2 aromatic rings. The zero-order chi connectivity index (χ0) is 14.5. The summed E-state index contributed by atoms with van der Waals surface area (Å²) in [5.41, 5.74) is 3.26. The van der Waals surface area contributed by atoms with E-state index in [0.717, 1.165) is 11.1 Å². The molecule has 102 valence electrons. The Morgan fingerprint density at radius 1 is 1.00 bits per heavy atom. The molecule has 2 rings (SSSR count). The standard InChI is InChI=1S/C17H16O3/c1-12-3-2-4-15(11-12)17(20)14-8-5-13(6-9-14)7-10-16(18)19/h2-6,8-9,11H,7,10H2,1H3,(H,18,19). The number of carboxylic acid groups (broad SMARTS) is 1. The summed E-state index contributed by atoms with van der Waals surface area (Å²) in [6, 6.07) is 14.6. The van der Waals surface area contributed by atoms with Gasteiger partial charge in [-0.15, -0.1) is 0 Å². The van der Waals surface area contributed by atoms with Gasteiger partial charge in [-0.1, -0.05) is 48.0 Å². The molecule has 0 spiro atoms. The first-order chi connectivity index (χ1) is 9.56. The quantitative estimate of drug-likeness (QED) is 0.847. The van der Waals surface area contributed by atoms with Gasteiger partial charge in [-0.3, -0.25) is 9.59 Å². The number of hydrogen-bond donors (Lipinski definition) is 1. The Balaban J connectivity index is 2.13. The van der Waals surface area contributed by atoms with Crippen LogP contribution < -0.4 is 0 Å². The van der Waals surface area contributed by atoms with Crippen molar-refractivity contribution in [2.45, 2.75) is 19.8 Å². The number of carbonyl (C=O) groups is 2. The number of aryl methyl sites for hydroxylation is 2. The molecule has 0 saturated heterocycles. The monoisotopic (exact) mass is 268 g/mol. The lowest BCUT2D eigenvalue weighted by Gasteiger charge is -2.04. The lowest BCUT2D eigenvalue weighted by atomic mass is 10.00. The minimum Gasteiger partial charge on any atom is -0.481 e. The first kappa shape index (κ1) is 14.0. The molecule has 3 heteroatoms. The predicted molar refractivity (Wildman–Crippen MR) is 77.0 cm³/mol. The van der Waals surface area contributed by atoms with Crippen molar-refractivity contribution in [2.24, 2.45) is 0 Å². The first-order valence-electron chi connectivity index (χ1n) is 6.48. The lowest BCUT2D eigenvalue weighted by Crippen LogP contribution is -2.02. The fourth-order valence-electron chi connectivity index (χ4n) is 2.03. The van der Waals surface area contributed by atoms with Crippen LogP contribution >= 0.6 is 0 Å². The van der Waals surface area contributed by atoms with E-state index in [9.17, 15) is 9.59 Å². The minimum absolute atomic E-state index is 0.0153. The molecule has 1 N–H and O–H groups in total. The van der Waals surface area contributed by atoms with Gasteiger partial charge in [0.15, 0.2) is 5.78 Å². The van der Waals surface area contributed by atoms with Crippen molar-refractivity contribution >= 4 is 11.8 Å². The molecule has 20 heavy (non-hydrogen) atoms. The van der Waals surface area contributed by atoms with E-state index in [1.54, 1.807) is 18.2 Å². The Bertz CT molecular complexity index is 627. The van der Waals surface area contributed by atoms with Crippen LogP contribution in [0.2, 0.25) is 0 Å². The molecule has 0 unspecified atom stereocenters. The van der Waals surface area contributed by atoms with Gasteiger partial charge in [0, 0.05) is 17.5 Å². The van der Waals surface area contributed by atoms with Crippen molar-refractivity contribution in [3.63, 3.8) is 0 Å². The Kier molecular flexibility index (Phi) is 4.31. The second-order valence-electron chi connectivity index (χ2n) is 4.79. The van der Waals surface area contributed by atoms with E-state index < -0.39 is 5.97 Å². The maximum atomic E-state index is 12.3. The van der Waals surface area contributed by atoms with Crippen molar-refractivity contribution < 1.29 is 14.7 Å². The number of benzene rings is 2. The van der Waals surface area contributed by atoms with Crippen molar-refractivity contribution in [1.29, 1.82) is 0 Å². The Labute approximate surface area is 117 Å². The molecule has 0 fully saturated rings. The average Bonchev–Trinajstić information content (AvgIpc) is 2.45. The van der Waals surface area contributed by atoms with Gasteiger partial charge in [-0.05, 0) is 25.0 Å². The van der Waals surface area contributed by atoms with Crippen LogP contribution in [0.5, 0.6) is 0 Å². The number of hydrogen-bond acceptors (Lipinski definition) is 2. The van der Waals surface area contributed by atoms with Gasteiger partial charge in [-0.2, -0.15) is 0 Å². The third-order valence-electron chi connectivity index (χ3n) is 3.12. The molecule has 0 saturated carbocycles. The minimum atomic E-state index is -0.815. The zero-order valence-corrected chi connectivity index (χ0v) is 11.3. The molecule has 3 nitrogen and oxygen atoms in total. The maximum Gasteiger partial charge on any atom is 0.303 e. The van der Waals surface area contributed by atoms with Crippen LogP contribution in [-0.2, 0) is 11.2 Å². The van der Waals surface area contributed by atoms with E-state index in [0.29, 0.717) is 17.5 Å². The second-order valence-corrected chi connectivity index (χ2v) is 4.79. The van der Waals surface area contributed by atoms with Crippen LogP contribution in [0.15, 0.2) is 48.5 Å². The molecule has 0 atom stereocenters. The summed E-state index contributed by atoms with van der Waals surface area (Å²) < 4.78 is 0. The van der Waals surface area contributed by atoms with Crippen LogP contribution in [0, 0.1) is 6.92 Å². The number of carbonyl (C=O) groups excluding carboxylic acids is 1. The van der Waals surface area contributed by atoms with Gasteiger partial charge in [0.05, 0.1) is 0 Å². The van der Waals surface area contributed by atoms with Crippen LogP contribution in [0.3, 0.4) is 0 Å². The first-order valence-corrected chi connectivity index (χ1v) is 6.48. The average molecular weight is 268 g/mol. The molecular weight excluding hydrogens is 252 g/mol. The molecular formula is C17H16O3. The summed E-state index contributed by atoms with van der Waals surface area (Å²) in [6.45, 7) is 1.95. The molecule has 0 radical (unpaired) electrons. The number of carboxylic acids is 1. The second kappa shape index (κ2) is 6.15. The summed E-state index contributed by atoms with van der Waals surface area (Å²) in [5.74, 6) is -0.830. The van der Waals surface area contributed by atoms with Gasteiger partial charge in [0.2, 0.25) is 0 Å². The molecule has 0 aliphatic rings. The Hall–Kier alpha value is -2.42. The third kappa shape index (κ3) is 3.54. The van der Waals surface area contributed by atoms with Gasteiger partial charge >= 0.3 is 5.97 Å². The van der Waals surface area contributed by atoms with Crippen LogP contribution in [0.4, 0.5) is 0 Å². The van der Waals surface area contributed by atoms with Gasteiger partial charge in [0.1, 0.15) is 0 Å². The predicted octanol–water partition coefficient (Wildman–Crippen LogP) is 3.24. The van der Waals surface area contributed by atoms with Gasteiger partial charge in [0.25, 0.3) is 0 Å². The Morgan fingerprint density at radius 3 is 2.30 bits per heavy atom. The number of aliphatic carboxylic acids is 1. The molecule has 0 aliphatic carbocycles. The third-order valence-corrected chi connectivity index (χ3v) is 3.12. The maximum absolute atomic E-state index is 12.3. The van der Waals surface area contributed by atoms with Crippen molar-refractivity contribution in [1.82, 2.24) is 0 Å².